The number of halogens is 3. The Balaban J connectivity index is 1.81. The molecule has 0 aliphatic heterocycles. The molecule has 0 saturated carbocycles. The Morgan fingerprint density at radius 3 is 2.50 bits per heavy atom. The molecule has 0 unspecified atom stereocenters. The molecule has 5 nitrogen and oxygen atoms in total. The third-order valence-electron chi connectivity index (χ3n) is 2.86. The normalized spacial score (nSPS) is 11.4. The Morgan fingerprint density at radius 1 is 1.23 bits per heavy atom. The highest BCUT2D eigenvalue weighted by atomic mass is 19.4. The van der Waals surface area contributed by atoms with Crippen LogP contribution in [0.2, 0.25) is 0 Å². The molecule has 118 valence electrons. The molecule has 1 aromatic carbocycles. The first-order chi connectivity index (χ1) is 10.4. The number of ether oxygens (including phenoxy) is 1. The van der Waals surface area contributed by atoms with Crippen LogP contribution in [0.3, 0.4) is 0 Å². The zero-order valence-electron chi connectivity index (χ0n) is 11.4. The van der Waals surface area contributed by atoms with Gasteiger partial charge in [-0.05, 0) is 37.1 Å². The number of benzene rings is 1. The van der Waals surface area contributed by atoms with Crippen LogP contribution in [0.1, 0.15) is 17.7 Å². The molecule has 2 rings (SSSR count). The second-order valence-electron chi connectivity index (χ2n) is 4.55. The van der Waals surface area contributed by atoms with Crippen LogP contribution in [0.15, 0.2) is 35.1 Å². The molecule has 2 N–H and O–H groups in total. The predicted octanol–water partition coefficient (Wildman–Crippen LogP) is 2.51. The maximum atomic E-state index is 12.4. The molecule has 0 radical (unpaired) electrons. The molecule has 0 aliphatic carbocycles. The smallest absolute Gasteiger partial charge is 0.416 e. The van der Waals surface area contributed by atoms with Gasteiger partial charge in [-0.1, -0.05) is 0 Å². The minimum Gasteiger partial charge on any atom is -0.503 e. The van der Waals surface area contributed by atoms with Crippen molar-refractivity contribution in [1.29, 1.82) is 0 Å². The lowest BCUT2D eigenvalue weighted by molar-refractivity contribution is -0.137. The second-order valence-corrected chi connectivity index (χ2v) is 4.55. The van der Waals surface area contributed by atoms with Gasteiger partial charge in [0.25, 0.3) is 0 Å². The van der Waals surface area contributed by atoms with Crippen LogP contribution in [-0.2, 0) is 12.6 Å². The summed E-state index contributed by atoms with van der Waals surface area (Å²) in [5.74, 6) is -0.0704. The summed E-state index contributed by atoms with van der Waals surface area (Å²) in [6.07, 6.45) is -3.39. The van der Waals surface area contributed by atoms with Crippen molar-refractivity contribution in [2.45, 2.75) is 19.0 Å². The molecule has 22 heavy (non-hydrogen) atoms. The van der Waals surface area contributed by atoms with E-state index in [9.17, 15) is 23.1 Å². The highest BCUT2D eigenvalue weighted by Crippen LogP contribution is 2.30. The van der Waals surface area contributed by atoms with Crippen LogP contribution in [0.25, 0.3) is 0 Å². The average Bonchev–Trinajstić information content (AvgIpc) is 2.47. The third kappa shape index (κ3) is 4.24. The maximum absolute atomic E-state index is 12.4. The number of aryl methyl sites for hydroxylation is 1. The van der Waals surface area contributed by atoms with E-state index in [1.165, 1.54) is 18.2 Å². The number of hydrogen-bond acceptors (Lipinski definition) is 4. The van der Waals surface area contributed by atoms with Gasteiger partial charge in [-0.15, -0.1) is 0 Å². The zero-order valence-corrected chi connectivity index (χ0v) is 11.4. The van der Waals surface area contributed by atoms with Crippen molar-refractivity contribution in [3.63, 3.8) is 0 Å². The fourth-order valence-corrected chi connectivity index (χ4v) is 1.75. The molecule has 8 heteroatoms. The first-order valence-corrected chi connectivity index (χ1v) is 6.44. The van der Waals surface area contributed by atoms with Crippen molar-refractivity contribution in [3.05, 3.63) is 51.9 Å². The molecule has 1 heterocycles. The van der Waals surface area contributed by atoms with E-state index in [0.29, 0.717) is 24.3 Å². The van der Waals surface area contributed by atoms with Gasteiger partial charge >= 0.3 is 11.7 Å². The number of rotatable bonds is 5. The summed E-state index contributed by atoms with van der Waals surface area (Å²) < 4.78 is 42.5. The molecule has 0 bridgehead atoms. The predicted molar refractivity (Wildman–Crippen MR) is 71.8 cm³/mol. The molecule has 0 saturated heterocycles. The van der Waals surface area contributed by atoms with Gasteiger partial charge in [-0.25, -0.2) is 5.10 Å². The van der Waals surface area contributed by atoms with E-state index in [4.69, 9.17) is 4.74 Å². The van der Waals surface area contributed by atoms with Crippen LogP contribution >= 0.6 is 0 Å². The lowest BCUT2D eigenvalue weighted by Crippen LogP contribution is -2.10. The SMILES string of the molecule is O=c1[nH]nc(CCCOc2ccc(C(F)(F)F)cc2)cc1O. The Bertz CT molecular complexity index is 681. The first-order valence-electron chi connectivity index (χ1n) is 6.44. The number of aromatic amines is 1. The standard InChI is InChI=1S/C14H13F3N2O3/c15-14(16,17)9-3-5-11(6-4-9)22-7-1-2-10-8-12(20)13(21)19-18-10/h3-6,8H,1-2,7H2,(H,18,20)(H,19,21). The van der Waals surface area contributed by atoms with Crippen LogP contribution in [0.5, 0.6) is 11.5 Å². The average molecular weight is 314 g/mol. The summed E-state index contributed by atoms with van der Waals surface area (Å²) in [6, 6.07) is 5.69. The number of aromatic hydroxyl groups is 1. The fourth-order valence-electron chi connectivity index (χ4n) is 1.75. The fraction of sp³-hybridized carbons (Fsp3) is 0.286. The van der Waals surface area contributed by atoms with E-state index in [2.05, 4.69) is 10.2 Å². The molecular formula is C14H13F3N2O3. The third-order valence-corrected chi connectivity index (χ3v) is 2.86. The lowest BCUT2D eigenvalue weighted by Gasteiger charge is -2.09. The summed E-state index contributed by atoms with van der Waals surface area (Å²) in [4.78, 5) is 10.9. The quantitative estimate of drug-likeness (QED) is 0.832. The van der Waals surface area contributed by atoms with Gasteiger partial charge in [-0.3, -0.25) is 4.79 Å². The van der Waals surface area contributed by atoms with Gasteiger partial charge in [0.15, 0.2) is 5.75 Å². The number of hydrogen-bond donors (Lipinski definition) is 2. The zero-order chi connectivity index (χ0) is 16.2. The van der Waals surface area contributed by atoms with Gasteiger partial charge in [0.1, 0.15) is 5.75 Å². The number of H-pyrrole nitrogens is 1. The Kier molecular flexibility index (Phi) is 4.69. The topological polar surface area (TPSA) is 75.2 Å². The largest absolute Gasteiger partial charge is 0.503 e. The number of aromatic nitrogens is 2. The molecule has 0 spiro atoms. The van der Waals surface area contributed by atoms with E-state index in [1.807, 2.05) is 0 Å². The monoisotopic (exact) mass is 314 g/mol. The maximum Gasteiger partial charge on any atom is 0.416 e. The molecule has 0 fully saturated rings. The first kappa shape index (κ1) is 15.9. The molecule has 0 aliphatic rings. The number of nitrogens with one attached hydrogen (secondary N) is 1. The van der Waals surface area contributed by atoms with E-state index in [-0.39, 0.29) is 6.61 Å². The van der Waals surface area contributed by atoms with Gasteiger partial charge < -0.3 is 9.84 Å². The van der Waals surface area contributed by atoms with Crippen molar-refractivity contribution in [2.24, 2.45) is 0 Å². The summed E-state index contributed by atoms with van der Waals surface area (Å²) >= 11 is 0. The lowest BCUT2D eigenvalue weighted by atomic mass is 10.2. The molecular weight excluding hydrogens is 301 g/mol. The number of alkyl halides is 3. The van der Waals surface area contributed by atoms with Crippen LogP contribution in [0.4, 0.5) is 13.2 Å². The number of nitrogens with zero attached hydrogens (tertiary/aromatic N) is 1. The Hall–Kier alpha value is -2.51. The van der Waals surface area contributed by atoms with Gasteiger partial charge in [0.2, 0.25) is 0 Å². The summed E-state index contributed by atoms with van der Waals surface area (Å²) in [5.41, 5.74) is -0.898. The van der Waals surface area contributed by atoms with E-state index >= 15 is 0 Å². The molecule has 0 amide bonds. The minimum atomic E-state index is -4.36. The second kappa shape index (κ2) is 6.50. The van der Waals surface area contributed by atoms with E-state index in [0.717, 1.165) is 12.1 Å². The van der Waals surface area contributed by atoms with Crippen LogP contribution < -0.4 is 10.3 Å². The van der Waals surface area contributed by atoms with Crippen molar-refractivity contribution in [3.8, 4) is 11.5 Å². The van der Waals surface area contributed by atoms with E-state index < -0.39 is 23.0 Å². The van der Waals surface area contributed by atoms with E-state index in [1.54, 1.807) is 0 Å². The van der Waals surface area contributed by atoms with Gasteiger partial charge in [0, 0.05) is 6.07 Å². The summed E-state index contributed by atoms with van der Waals surface area (Å²) in [7, 11) is 0. The Morgan fingerprint density at radius 2 is 1.91 bits per heavy atom. The van der Waals surface area contributed by atoms with Crippen molar-refractivity contribution in [2.75, 3.05) is 6.61 Å². The van der Waals surface area contributed by atoms with Crippen LogP contribution in [-0.4, -0.2) is 21.9 Å². The minimum absolute atomic E-state index is 0.271. The van der Waals surface area contributed by atoms with Crippen molar-refractivity contribution in [1.82, 2.24) is 10.2 Å². The summed E-state index contributed by atoms with van der Waals surface area (Å²) in [6.45, 7) is 0.271. The highest BCUT2D eigenvalue weighted by molar-refractivity contribution is 5.28. The van der Waals surface area contributed by atoms with Crippen molar-refractivity contribution >= 4 is 0 Å². The molecule has 0 atom stereocenters. The van der Waals surface area contributed by atoms with Gasteiger partial charge in [-0.2, -0.15) is 18.3 Å². The highest BCUT2D eigenvalue weighted by Gasteiger charge is 2.29. The molecule has 1 aromatic heterocycles. The van der Waals surface area contributed by atoms with Crippen molar-refractivity contribution < 1.29 is 23.0 Å². The summed E-state index contributed by atoms with van der Waals surface area (Å²) in [5, 5.41) is 15.1. The van der Waals surface area contributed by atoms with Gasteiger partial charge in [0.05, 0.1) is 17.9 Å². The van der Waals surface area contributed by atoms with Crippen LogP contribution in [0, 0.1) is 0 Å². The molecule has 2 aromatic rings. The Labute approximate surface area is 123 Å².